The van der Waals surface area contributed by atoms with Gasteiger partial charge in [0.05, 0.1) is 0 Å². The van der Waals surface area contributed by atoms with Gasteiger partial charge in [0.15, 0.2) is 0 Å². The molecule has 15 heavy (non-hydrogen) atoms. The fourth-order valence-electron chi connectivity index (χ4n) is 2.00. The van der Waals surface area contributed by atoms with Gasteiger partial charge < -0.3 is 4.74 Å². The number of ether oxygens (including phenoxy) is 1. The van der Waals surface area contributed by atoms with Crippen LogP contribution < -0.4 is 4.74 Å². The van der Waals surface area contributed by atoms with E-state index in [1.807, 2.05) is 44.2 Å². The van der Waals surface area contributed by atoms with Crippen molar-refractivity contribution in [2.75, 3.05) is 0 Å². The zero-order valence-corrected chi connectivity index (χ0v) is 10.1. The fourth-order valence-corrected chi connectivity index (χ4v) is 2.00. The van der Waals surface area contributed by atoms with Crippen molar-refractivity contribution in [3.8, 4) is 5.75 Å². The summed E-state index contributed by atoms with van der Waals surface area (Å²) in [4.78, 5) is 0. The van der Waals surface area contributed by atoms with E-state index < -0.39 is 0 Å². The van der Waals surface area contributed by atoms with Gasteiger partial charge in [-0.1, -0.05) is 32.0 Å². The molecule has 1 saturated carbocycles. The summed E-state index contributed by atoms with van der Waals surface area (Å²) in [5, 5.41) is 0. The lowest BCUT2D eigenvalue weighted by molar-refractivity contribution is 0.0968. The summed E-state index contributed by atoms with van der Waals surface area (Å²) in [6.45, 7) is 6.22. The van der Waals surface area contributed by atoms with E-state index in [1.54, 1.807) is 0 Å². The smallest absolute Gasteiger partial charge is 0.120 e. The monoisotopic (exact) mass is 206 g/mol. The highest BCUT2D eigenvalue weighted by Gasteiger charge is 2.30. The average Bonchev–Trinajstić information content (AvgIpc) is 2.69. The Labute approximate surface area is 93.5 Å². The molecule has 1 aliphatic carbocycles. The molecule has 0 saturated heterocycles. The van der Waals surface area contributed by atoms with E-state index >= 15 is 0 Å². The maximum Gasteiger partial charge on any atom is 0.120 e. The molecule has 0 radical (unpaired) electrons. The van der Waals surface area contributed by atoms with E-state index in [-0.39, 0.29) is 5.60 Å². The van der Waals surface area contributed by atoms with Crippen LogP contribution >= 0.6 is 0 Å². The lowest BCUT2D eigenvalue weighted by atomic mass is 10.1. The molecule has 0 unspecified atom stereocenters. The molecule has 1 fully saturated rings. The Balaban J connectivity index is 0.000000531. The Morgan fingerprint density at radius 1 is 1.00 bits per heavy atom. The molecule has 1 aliphatic rings. The second-order valence-electron chi connectivity index (χ2n) is 4.07. The molecule has 2 rings (SSSR count). The van der Waals surface area contributed by atoms with E-state index in [0.717, 1.165) is 5.75 Å². The van der Waals surface area contributed by atoms with Gasteiger partial charge in [0, 0.05) is 0 Å². The maximum atomic E-state index is 5.96. The summed E-state index contributed by atoms with van der Waals surface area (Å²) in [5.74, 6) is 1.01. The molecule has 1 aromatic carbocycles. The first-order valence-electron chi connectivity index (χ1n) is 6.03. The third-order valence-electron chi connectivity index (χ3n) is 2.77. The van der Waals surface area contributed by atoms with Crippen LogP contribution in [0.5, 0.6) is 5.75 Å². The van der Waals surface area contributed by atoms with Crippen LogP contribution in [0.15, 0.2) is 30.3 Å². The lowest BCUT2D eigenvalue weighted by Crippen LogP contribution is -2.27. The van der Waals surface area contributed by atoms with Gasteiger partial charge in [0.2, 0.25) is 0 Å². The van der Waals surface area contributed by atoms with Crippen molar-refractivity contribution in [1.82, 2.24) is 0 Å². The fraction of sp³-hybridized carbons (Fsp3) is 0.571. The first kappa shape index (κ1) is 12.1. The highest BCUT2D eigenvalue weighted by molar-refractivity contribution is 5.22. The van der Waals surface area contributed by atoms with Crippen molar-refractivity contribution in [2.24, 2.45) is 0 Å². The molecule has 1 nitrogen and oxygen atoms in total. The Bertz CT molecular complexity index is 260. The van der Waals surface area contributed by atoms with Crippen molar-refractivity contribution in [3.05, 3.63) is 30.3 Å². The van der Waals surface area contributed by atoms with Gasteiger partial charge in [0.25, 0.3) is 0 Å². The van der Waals surface area contributed by atoms with Crippen LogP contribution in [0.25, 0.3) is 0 Å². The van der Waals surface area contributed by atoms with E-state index in [2.05, 4.69) is 6.92 Å². The van der Waals surface area contributed by atoms with Crippen LogP contribution in [0.1, 0.15) is 46.5 Å². The number of benzene rings is 1. The number of rotatable bonds is 2. The molecule has 84 valence electrons. The summed E-state index contributed by atoms with van der Waals surface area (Å²) >= 11 is 0. The van der Waals surface area contributed by atoms with Crippen LogP contribution in [0.4, 0.5) is 0 Å². The van der Waals surface area contributed by atoms with Gasteiger partial charge >= 0.3 is 0 Å². The van der Waals surface area contributed by atoms with Gasteiger partial charge in [-0.25, -0.2) is 0 Å². The van der Waals surface area contributed by atoms with Crippen molar-refractivity contribution in [1.29, 1.82) is 0 Å². The molecule has 0 atom stereocenters. The first-order valence-corrected chi connectivity index (χ1v) is 6.03. The predicted octanol–water partition coefficient (Wildman–Crippen LogP) is 4.42. The van der Waals surface area contributed by atoms with Crippen LogP contribution in [0.3, 0.4) is 0 Å². The molecule has 0 bridgehead atoms. The van der Waals surface area contributed by atoms with Gasteiger partial charge in [-0.05, 0) is 44.7 Å². The minimum atomic E-state index is 0.0986. The van der Waals surface area contributed by atoms with Crippen LogP contribution in [0, 0.1) is 0 Å². The zero-order valence-electron chi connectivity index (χ0n) is 10.1. The van der Waals surface area contributed by atoms with Crippen molar-refractivity contribution >= 4 is 0 Å². The van der Waals surface area contributed by atoms with Gasteiger partial charge in [0.1, 0.15) is 11.4 Å². The molecule has 0 aliphatic heterocycles. The molecule has 1 aromatic rings. The van der Waals surface area contributed by atoms with Gasteiger partial charge in [-0.3, -0.25) is 0 Å². The topological polar surface area (TPSA) is 9.23 Å². The molecule has 0 N–H and O–H groups in total. The zero-order chi connectivity index (χ0) is 11.1. The van der Waals surface area contributed by atoms with Gasteiger partial charge in [-0.15, -0.1) is 0 Å². The van der Waals surface area contributed by atoms with E-state index in [4.69, 9.17) is 4.74 Å². The molecule has 0 aromatic heterocycles. The molecular formula is C14H22O. The summed E-state index contributed by atoms with van der Waals surface area (Å²) < 4.78 is 5.96. The molecule has 0 spiro atoms. The van der Waals surface area contributed by atoms with Crippen LogP contribution in [-0.2, 0) is 0 Å². The largest absolute Gasteiger partial charge is 0.488 e. The van der Waals surface area contributed by atoms with Crippen LogP contribution in [0.2, 0.25) is 0 Å². The Kier molecular flexibility index (Phi) is 4.67. The normalized spacial score (nSPS) is 17.8. The number of hydrogen-bond donors (Lipinski definition) is 0. The maximum absolute atomic E-state index is 5.96. The Morgan fingerprint density at radius 2 is 1.53 bits per heavy atom. The number of para-hydroxylation sites is 1. The highest BCUT2D eigenvalue weighted by atomic mass is 16.5. The Morgan fingerprint density at radius 3 is 2.07 bits per heavy atom. The van der Waals surface area contributed by atoms with Crippen molar-refractivity contribution < 1.29 is 4.74 Å². The Hall–Kier alpha value is -0.980. The summed E-state index contributed by atoms with van der Waals surface area (Å²) in [5.41, 5.74) is 0.0986. The van der Waals surface area contributed by atoms with E-state index in [1.165, 1.54) is 25.7 Å². The predicted molar refractivity (Wildman–Crippen MR) is 65.3 cm³/mol. The second-order valence-corrected chi connectivity index (χ2v) is 4.07. The molecule has 0 heterocycles. The standard InChI is InChI=1S/C12H16O.C2H6/c1-12(9-5-6-10-12)13-11-7-3-2-4-8-11;1-2/h2-4,7-8H,5-6,9-10H2,1H3;1-2H3. The third kappa shape index (κ3) is 3.58. The third-order valence-corrected chi connectivity index (χ3v) is 2.77. The first-order chi connectivity index (χ1) is 7.29. The highest BCUT2D eigenvalue weighted by Crippen LogP contribution is 2.33. The summed E-state index contributed by atoms with van der Waals surface area (Å²) in [7, 11) is 0. The molecule has 0 amide bonds. The molecule has 1 heteroatoms. The summed E-state index contributed by atoms with van der Waals surface area (Å²) in [6, 6.07) is 10.1. The van der Waals surface area contributed by atoms with Crippen LogP contribution in [-0.4, -0.2) is 5.60 Å². The SMILES string of the molecule is CC.CC1(Oc2ccccc2)CCCC1. The van der Waals surface area contributed by atoms with E-state index in [9.17, 15) is 0 Å². The van der Waals surface area contributed by atoms with Crippen molar-refractivity contribution in [2.45, 2.75) is 52.1 Å². The average molecular weight is 206 g/mol. The number of hydrogen-bond acceptors (Lipinski definition) is 1. The van der Waals surface area contributed by atoms with Crippen molar-refractivity contribution in [3.63, 3.8) is 0 Å². The second kappa shape index (κ2) is 5.79. The minimum Gasteiger partial charge on any atom is -0.488 e. The minimum absolute atomic E-state index is 0.0986. The van der Waals surface area contributed by atoms with E-state index in [0.29, 0.717) is 0 Å². The summed E-state index contributed by atoms with van der Waals surface area (Å²) in [6.07, 6.45) is 5.01. The lowest BCUT2D eigenvalue weighted by Gasteiger charge is -2.25. The quantitative estimate of drug-likeness (QED) is 0.695. The molecular weight excluding hydrogens is 184 g/mol. The van der Waals surface area contributed by atoms with Gasteiger partial charge in [-0.2, -0.15) is 0 Å².